The lowest BCUT2D eigenvalue weighted by Crippen LogP contribution is -2.42. The number of carbonyl (C=O) groups excluding carboxylic acids is 2. The maximum Gasteiger partial charge on any atom is 0.240 e. The number of nitrogens with zero attached hydrogens (tertiary/aromatic N) is 4. The van der Waals surface area contributed by atoms with Gasteiger partial charge in [-0.25, -0.2) is 9.97 Å². The summed E-state index contributed by atoms with van der Waals surface area (Å²) in [6.07, 6.45) is 6.45. The zero-order valence-corrected chi connectivity index (χ0v) is 19.6. The first-order chi connectivity index (χ1) is 15.9. The summed E-state index contributed by atoms with van der Waals surface area (Å²) in [7, 11) is 0. The van der Waals surface area contributed by atoms with Crippen molar-refractivity contribution in [1.29, 1.82) is 0 Å². The largest absolute Gasteiger partial charge is 0.348 e. The maximum absolute atomic E-state index is 13.0. The Hall–Kier alpha value is -2.96. The minimum Gasteiger partial charge on any atom is -0.348 e. The Bertz CT molecular complexity index is 1030. The second kappa shape index (κ2) is 8.76. The monoisotopic (exact) mass is 447 g/mol. The molecular weight excluding hydrogens is 414 g/mol. The highest BCUT2D eigenvalue weighted by Crippen LogP contribution is 2.40. The lowest BCUT2D eigenvalue weighted by atomic mass is 9.74. The molecule has 7 nitrogen and oxygen atoms in total. The van der Waals surface area contributed by atoms with Crippen LogP contribution in [0.4, 0.5) is 5.95 Å². The van der Waals surface area contributed by atoms with Gasteiger partial charge in [0.2, 0.25) is 17.8 Å². The van der Waals surface area contributed by atoms with Crippen LogP contribution in [0.2, 0.25) is 0 Å². The molecule has 2 saturated heterocycles. The zero-order chi connectivity index (χ0) is 23.0. The average molecular weight is 448 g/mol. The van der Waals surface area contributed by atoms with Crippen LogP contribution in [-0.2, 0) is 16.0 Å². The quantitative estimate of drug-likeness (QED) is 0.761. The number of likely N-dealkylation sites (tertiary alicyclic amines) is 1. The fraction of sp³-hybridized carbons (Fsp3) is 0.538. The summed E-state index contributed by atoms with van der Waals surface area (Å²) >= 11 is 0. The van der Waals surface area contributed by atoms with E-state index in [4.69, 9.17) is 4.98 Å². The van der Waals surface area contributed by atoms with Crippen molar-refractivity contribution < 1.29 is 9.59 Å². The van der Waals surface area contributed by atoms with Crippen LogP contribution in [0, 0.1) is 5.41 Å². The fourth-order valence-corrected chi connectivity index (χ4v) is 5.52. The Morgan fingerprint density at radius 2 is 1.94 bits per heavy atom. The Labute approximate surface area is 195 Å². The van der Waals surface area contributed by atoms with Crippen molar-refractivity contribution >= 4 is 17.8 Å². The predicted molar refractivity (Wildman–Crippen MR) is 127 cm³/mol. The standard InChI is InChI=1S/C26H33N5O2/c1-26(2)13-21(20-15-27-25(29-22(20)14-26)30-10-6-7-11-30)28-23(32)17-31-16-19(12-24(31)33)18-8-4-3-5-9-18/h3-5,8-9,15,19,21H,6-7,10-14,16-17H2,1-2H3,(H,28,32)/t19-,21+/m1/s1. The molecule has 0 radical (unpaired) electrons. The number of amides is 2. The lowest BCUT2D eigenvalue weighted by molar-refractivity contribution is -0.133. The molecule has 0 spiro atoms. The molecule has 3 heterocycles. The van der Waals surface area contributed by atoms with E-state index in [1.54, 1.807) is 4.90 Å². The molecule has 2 amide bonds. The van der Waals surface area contributed by atoms with E-state index in [-0.39, 0.29) is 35.7 Å². The Morgan fingerprint density at radius 1 is 1.18 bits per heavy atom. The molecule has 0 bridgehead atoms. The molecular formula is C26H33N5O2. The summed E-state index contributed by atoms with van der Waals surface area (Å²) in [4.78, 5) is 39.1. The molecule has 2 aliphatic heterocycles. The summed E-state index contributed by atoms with van der Waals surface area (Å²) in [5, 5.41) is 3.20. The van der Waals surface area contributed by atoms with Crippen molar-refractivity contribution in [2.24, 2.45) is 5.41 Å². The molecule has 5 rings (SSSR count). The van der Waals surface area contributed by atoms with Crippen molar-refractivity contribution in [2.75, 3.05) is 31.1 Å². The number of hydrogen-bond acceptors (Lipinski definition) is 5. The van der Waals surface area contributed by atoms with E-state index in [9.17, 15) is 9.59 Å². The number of aromatic nitrogens is 2. The van der Waals surface area contributed by atoms with Crippen LogP contribution in [0.15, 0.2) is 36.5 Å². The van der Waals surface area contributed by atoms with Gasteiger partial charge in [0.25, 0.3) is 0 Å². The van der Waals surface area contributed by atoms with Crippen molar-refractivity contribution in [3.63, 3.8) is 0 Å². The first-order valence-electron chi connectivity index (χ1n) is 12.1. The molecule has 7 heteroatoms. The van der Waals surface area contributed by atoms with Crippen molar-refractivity contribution in [1.82, 2.24) is 20.2 Å². The zero-order valence-electron chi connectivity index (χ0n) is 19.6. The molecule has 1 aromatic heterocycles. The van der Waals surface area contributed by atoms with Crippen LogP contribution >= 0.6 is 0 Å². The molecule has 0 saturated carbocycles. The van der Waals surface area contributed by atoms with Crippen LogP contribution in [0.5, 0.6) is 0 Å². The van der Waals surface area contributed by atoms with Gasteiger partial charge in [-0.15, -0.1) is 0 Å². The van der Waals surface area contributed by atoms with Gasteiger partial charge in [0, 0.05) is 43.7 Å². The molecule has 2 atom stereocenters. The van der Waals surface area contributed by atoms with Crippen molar-refractivity contribution in [3.8, 4) is 0 Å². The molecule has 1 aromatic carbocycles. The molecule has 3 aliphatic rings. The third-order valence-corrected chi connectivity index (χ3v) is 7.21. The van der Waals surface area contributed by atoms with E-state index in [1.165, 1.54) is 12.8 Å². The number of anilines is 1. The summed E-state index contributed by atoms with van der Waals surface area (Å²) in [5.74, 6) is 0.887. The number of benzene rings is 1. The summed E-state index contributed by atoms with van der Waals surface area (Å²) in [6.45, 7) is 7.15. The van der Waals surface area contributed by atoms with E-state index >= 15 is 0 Å². The highest BCUT2D eigenvalue weighted by Gasteiger charge is 2.36. The third-order valence-electron chi connectivity index (χ3n) is 7.21. The lowest BCUT2D eigenvalue weighted by Gasteiger charge is -2.37. The number of rotatable bonds is 5. The van der Waals surface area contributed by atoms with Crippen LogP contribution < -0.4 is 10.2 Å². The van der Waals surface area contributed by atoms with Crippen LogP contribution in [0.3, 0.4) is 0 Å². The molecule has 1 aliphatic carbocycles. The molecule has 1 N–H and O–H groups in total. The van der Waals surface area contributed by atoms with E-state index in [2.05, 4.69) is 41.2 Å². The molecule has 174 valence electrons. The van der Waals surface area contributed by atoms with Gasteiger partial charge in [-0.05, 0) is 36.7 Å². The van der Waals surface area contributed by atoms with Crippen LogP contribution in [0.25, 0.3) is 0 Å². The van der Waals surface area contributed by atoms with Crippen molar-refractivity contribution in [2.45, 2.75) is 57.9 Å². The van der Waals surface area contributed by atoms with Gasteiger partial charge in [-0.1, -0.05) is 44.2 Å². The number of fused-ring (bicyclic) bond motifs is 1. The van der Waals surface area contributed by atoms with Gasteiger partial charge >= 0.3 is 0 Å². The summed E-state index contributed by atoms with van der Waals surface area (Å²) in [5.41, 5.74) is 3.24. The maximum atomic E-state index is 13.0. The summed E-state index contributed by atoms with van der Waals surface area (Å²) in [6, 6.07) is 9.94. The average Bonchev–Trinajstić information content (AvgIpc) is 3.44. The first-order valence-corrected chi connectivity index (χ1v) is 12.1. The third kappa shape index (κ3) is 4.72. The Morgan fingerprint density at radius 3 is 2.70 bits per heavy atom. The van der Waals surface area contributed by atoms with E-state index in [1.807, 2.05) is 24.4 Å². The molecule has 2 aromatic rings. The SMILES string of the molecule is CC1(C)Cc2nc(N3CCCC3)ncc2[C@@H](NC(=O)CN2C[C@H](c3ccccc3)CC2=O)C1. The number of nitrogens with one attached hydrogen (secondary N) is 1. The normalized spacial score (nSPS) is 24.1. The minimum atomic E-state index is -0.133. The van der Waals surface area contributed by atoms with Gasteiger partial charge in [-0.2, -0.15) is 0 Å². The second-order valence-electron chi connectivity index (χ2n) is 10.5. The highest BCUT2D eigenvalue weighted by molar-refractivity contribution is 5.86. The molecule has 33 heavy (non-hydrogen) atoms. The summed E-state index contributed by atoms with van der Waals surface area (Å²) < 4.78 is 0. The fourth-order valence-electron chi connectivity index (χ4n) is 5.52. The number of hydrogen-bond donors (Lipinski definition) is 1. The Balaban J connectivity index is 1.27. The topological polar surface area (TPSA) is 78.4 Å². The van der Waals surface area contributed by atoms with Crippen LogP contribution in [0.1, 0.15) is 68.3 Å². The van der Waals surface area contributed by atoms with E-state index < -0.39 is 0 Å². The molecule has 0 unspecified atom stereocenters. The van der Waals surface area contributed by atoms with Crippen LogP contribution in [-0.4, -0.2) is 52.9 Å². The van der Waals surface area contributed by atoms with Gasteiger partial charge in [-0.3, -0.25) is 9.59 Å². The molecule has 2 fully saturated rings. The Kier molecular flexibility index (Phi) is 5.81. The second-order valence-corrected chi connectivity index (χ2v) is 10.5. The van der Waals surface area contributed by atoms with Gasteiger partial charge < -0.3 is 15.1 Å². The van der Waals surface area contributed by atoms with E-state index in [0.717, 1.165) is 48.7 Å². The van der Waals surface area contributed by atoms with Gasteiger partial charge in [0.05, 0.1) is 18.3 Å². The smallest absolute Gasteiger partial charge is 0.240 e. The van der Waals surface area contributed by atoms with E-state index in [0.29, 0.717) is 13.0 Å². The van der Waals surface area contributed by atoms with Gasteiger partial charge in [0.1, 0.15) is 0 Å². The first kappa shape index (κ1) is 21.9. The predicted octanol–water partition coefficient (Wildman–Crippen LogP) is 3.22. The number of carbonyl (C=O) groups is 2. The van der Waals surface area contributed by atoms with Crippen molar-refractivity contribution in [3.05, 3.63) is 53.3 Å². The highest BCUT2D eigenvalue weighted by atomic mass is 16.2. The van der Waals surface area contributed by atoms with Gasteiger partial charge in [0.15, 0.2) is 0 Å². The minimum absolute atomic E-state index is 0.0312.